The molecule has 3 N–H and O–H groups in total. The molecule has 1 heterocycles. The molecule has 0 aromatic heterocycles. The molecule has 0 spiro atoms. The van der Waals surface area contributed by atoms with E-state index in [1.807, 2.05) is 0 Å². The van der Waals surface area contributed by atoms with Crippen molar-refractivity contribution in [1.29, 1.82) is 0 Å². The standard InChI is InChI=1S/C10H21Cl.C4H9NO.H2O/c1-3-4-5-6-7-8-9-10(2)11;1-3-6-4-2-5-1;/h10H,3-9H2,1-2H3;5H,1-4H2;1H2. The maximum Gasteiger partial charge on any atom is 0.0591 e. The van der Waals surface area contributed by atoms with Gasteiger partial charge in [-0.1, -0.05) is 45.4 Å². The van der Waals surface area contributed by atoms with Crippen LogP contribution >= 0.6 is 11.6 Å². The van der Waals surface area contributed by atoms with E-state index in [2.05, 4.69) is 19.2 Å². The number of ether oxygens (including phenoxy) is 1. The summed E-state index contributed by atoms with van der Waals surface area (Å²) in [7, 11) is 0. The van der Waals surface area contributed by atoms with Crippen molar-refractivity contribution in [3.8, 4) is 0 Å². The van der Waals surface area contributed by atoms with E-state index in [0.717, 1.165) is 26.3 Å². The number of rotatable bonds is 7. The van der Waals surface area contributed by atoms with Gasteiger partial charge in [0, 0.05) is 18.5 Å². The van der Waals surface area contributed by atoms with Crippen LogP contribution in [-0.4, -0.2) is 37.2 Å². The number of morpholine rings is 1. The second-order valence-electron chi connectivity index (χ2n) is 4.70. The maximum atomic E-state index is 5.82. The number of hydrogen-bond acceptors (Lipinski definition) is 2. The van der Waals surface area contributed by atoms with Crippen LogP contribution in [0, 0.1) is 0 Å². The summed E-state index contributed by atoms with van der Waals surface area (Å²) >= 11 is 5.82. The van der Waals surface area contributed by atoms with Gasteiger partial charge in [0.15, 0.2) is 0 Å². The van der Waals surface area contributed by atoms with E-state index < -0.39 is 0 Å². The smallest absolute Gasteiger partial charge is 0.0591 e. The monoisotopic (exact) mass is 281 g/mol. The Morgan fingerprint density at radius 2 is 1.61 bits per heavy atom. The molecule has 0 bridgehead atoms. The quantitative estimate of drug-likeness (QED) is 0.576. The van der Waals surface area contributed by atoms with Crippen LogP contribution in [0.5, 0.6) is 0 Å². The van der Waals surface area contributed by atoms with Crippen LogP contribution < -0.4 is 5.32 Å². The average Bonchev–Trinajstić information content (AvgIpc) is 2.36. The van der Waals surface area contributed by atoms with Crippen molar-refractivity contribution in [3.63, 3.8) is 0 Å². The van der Waals surface area contributed by atoms with Gasteiger partial charge in [0.2, 0.25) is 0 Å². The molecule has 0 aliphatic carbocycles. The first-order valence-electron chi connectivity index (χ1n) is 7.20. The van der Waals surface area contributed by atoms with Crippen LogP contribution in [0.1, 0.15) is 58.8 Å². The molecule has 0 aromatic rings. The second kappa shape index (κ2) is 17.2. The molecule has 1 fully saturated rings. The van der Waals surface area contributed by atoms with Crippen LogP contribution in [0.4, 0.5) is 0 Å². The third-order valence-corrected chi connectivity index (χ3v) is 3.02. The molecule has 1 atom stereocenters. The van der Waals surface area contributed by atoms with Crippen LogP contribution in [0.2, 0.25) is 0 Å². The molecular weight excluding hydrogens is 250 g/mol. The first-order chi connectivity index (χ1) is 8.27. The average molecular weight is 282 g/mol. The zero-order valence-corrected chi connectivity index (χ0v) is 12.9. The molecule has 4 heteroatoms. The van der Waals surface area contributed by atoms with Gasteiger partial charge in [0.05, 0.1) is 13.2 Å². The fourth-order valence-electron chi connectivity index (χ4n) is 1.72. The first kappa shape index (κ1) is 20.5. The Kier molecular flexibility index (Phi) is 19.5. The number of halogens is 1. The van der Waals surface area contributed by atoms with E-state index in [1.165, 1.54) is 44.9 Å². The summed E-state index contributed by atoms with van der Waals surface area (Å²) in [6, 6.07) is 0. The largest absolute Gasteiger partial charge is 0.412 e. The normalized spacial score (nSPS) is 16.2. The Balaban J connectivity index is 0. The van der Waals surface area contributed by atoms with Gasteiger partial charge in [-0.05, 0) is 13.3 Å². The van der Waals surface area contributed by atoms with Gasteiger partial charge in [-0.25, -0.2) is 0 Å². The molecule has 1 aliphatic rings. The molecule has 112 valence electrons. The van der Waals surface area contributed by atoms with Crippen LogP contribution in [-0.2, 0) is 4.74 Å². The Labute approximate surface area is 118 Å². The summed E-state index contributed by atoms with van der Waals surface area (Å²) in [6.07, 6.45) is 9.42. The highest BCUT2D eigenvalue weighted by molar-refractivity contribution is 6.20. The molecule has 1 rings (SSSR count). The Hall–Kier alpha value is 0.170. The summed E-state index contributed by atoms with van der Waals surface area (Å²) < 4.78 is 5.01. The van der Waals surface area contributed by atoms with Gasteiger partial charge in [-0.15, -0.1) is 11.6 Å². The van der Waals surface area contributed by atoms with Crippen LogP contribution in [0.25, 0.3) is 0 Å². The lowest BCUT2D eigenvalue weighted by atomic mass is 10.1. The molecule has 0 amide bonds. The lowest BCUT2D eigenvalue weighted by Crippen LogP contribution is -2.30. The number of alkyl halides is 1. The van der Waals surface area contributed by atoms with Crippen LogP contribution in [0.3, 0.4) is 0 Å². The summed E-state index contributed by atoms with van der Waals surface area (Å²) in [6.45, 7) is 8.16. The minimum atomic E-state index is 0. The summed E-state index contributed by atoms with van der Waals surface area (Å²) in [5, 5.41) is 3.54. The molecule has 0 aromatic carbocycles. The number of unbranched alkanes of at least 4 members (excludes halogenated alkanes) is 5. The van der Waals surface area contributed by atoms with Gasteiger partial charge in [-0.3, -0.25) is 0 Å². The summed E-state index contributed by atoms with van der Waals surface area (Å²) in [5.41, 5.74) is 0. The van der Waals surface area contributed by atoms with Crippen molar-refractivity contribution in [2.24, 2.45) is 0 Å². The summed E-state index contributed by atoms with van der Waals surface area (Å²) in [4.78, 5) is 0. The third-order valence-electron chi connectivity index (χ3n) is 2.80. The zero-order chi connectivity index (χ0) is 12.8. The molecule has 1 saturated heterocycles. The van der Waals surface area contributed by atoms with E-state index in [1.54, 1.807) is 0 Å². The zero-order valence-electron chi connectivity index (χ0n) is 12.1. The molecule has 3 nitrogen and oxygen atoms in total. The Morgan fingerprint density at radius 1 is 1.06 bits per heavy atom. The topological polar surface area (TPSA) is 52.8 Å². The fourth-order valence-corrected chi connectivity index (χ4v) is 1.88. The SMILES string of the molecule is C1COCCN1.CCCCCCCCC(C)Cl.O. The second-order valence-corrected chi connectivity index (χ2v) is 5.44. The molecule has 18 heavy (non-hydrogen) atoms. The van der Waals surface area contributed by atoms with Gasteiger partial charge in [-0.2, -0.15) is 0 Å². The Morgan fingerprint density at radius 3 is 2.00 bits per heavy atom. The van der Waals surface area contributed by atoms with Crippen molar-refractivity contribution >= 4 is 11.6 Å². The van der Waals surface area contributed by atoms with Crippen molar-refractivity contribution in [3.05, 3.63) is 0 Å². The van der Waals surface area contributed by atoms with E-state index in [9.17, 15) is 0 Å². The van der Waals surface area contributed by atoms with E-state index >= 15 is 0 Å². The van der Waals surface area contributed by atoms with E-state index in [4.69, 9.17) is 16.3 Å². The molecule has 1 aliphatic heterocycles. The molecule has 0 radical (unpaired) electrons. The van der Waals surface area contributed by atoms with Crippen LogP contribution in [0.15, 0.2) is 0 Å². The predicted molar refractivity (Wildman–Crippen MR) is 80.6 cm³/mol. The molecular formula is C14H32ClNO2. The third kappa shape index (κ3) is 18.5. The highest BCUT2D eigenvalue weighted by Crippen LogP contribution is 2.10. The highest BCUT2D eigenvalue weighted by Gasteiger charge is 1.95. The highest BCUT2D eigenvalue weighted by atomic mass is 35.5. The Bertz CT molecular complexity index is 130. The van der Waals surface area contributed by atoms with Gasteiger partial charge < -0.3 is 15.5 Å². The number of hydrogen-bond donors (Lipinski definition) is 1. The maximum absolute atomic E-state index is 5.82. The van der Waals surface area contributed by atoms with Crippen molar-refractivity contribution in [2.75, 3.05) is 26.3 Å². The van der Waals surface area contributed by atoms with Crippen molar-refractivity contribution in [1.82, 2.24) is 5.32 Å². The molecule has 0 saturated carbocycles. The lowest BCUT2D eigenvalue weighted by molar-refractivity contribution is 0.109. The number of nitrogens with one attached hydrogen (secondary N) is 1. The minimum Gasteiger partial charge on any atom is -0.412 e. The predicted octanol–water partition coefficient (Wildman–Crippen LogP) is 3.15. The molecule has 1 unspecified atom stereocenters. The van der Waals surface area contributed by atoms with E-state index in [0.29, 0.717) is 5.38 Å². The van der Waals surface area contributed by atoms with Gasteiger partial charge >= 0.3 is 0 Å². The minimum absolute atomic E-state index is 0. The summed E-state index contributed by atoms with van der Waals surface area (Å²) in [5.74, 6) is 0. The first-order valence-corrected chi connectivity index (χ1v) is 7.63. The van der Waals surface area contributed by atoms with Crippen molar-refractivity contribution < 1.29 is 10.2 Å². The van der Waals surface area contributed by atoms with Crippen molar-refractivity contribution in [2.45, 2.75) is 64.2 Å². The van der Waals surface area contributed by atoms with Gasteiger partial charge in [0.1, 0.15) is 0 Å². The lowest BCUT2D eigenvalue weighted by Gasteiger charge is -2.10. The van der Waals surface area contributed by atoms with E-state index in [-0.39, 0.29) is 5.48 Å². The van der Waals surface area contributed by atoms with Gasteiger partial charge in [0.25, 0.3) is 0 Å². The fraction of sp³-hybridized carbons (Fsp3) is 1.00.